The van der Waals surface area contributed by atoms with Crippen molar-refractivity contribution >= 4 is 22.4 Å². The minimum absolute atomic E-state index is 0.0441. The third kappa shape index (κ3) is 3.77. The van der Waals surface area contributed by atoms with E-state index in [1.807, 2.05) is 48.5 Å². The van der Waals surface area contributed by atoms with Gasteiger partial charge in [0.05, 0.1) is 10.9 Å². The van der Waals surface area contributed by atoms with Crippen molar-refractivity contribution < 1.29 is 19.6 Å². The second-order valence-electron chi connectivity index (χ2n) is 6.52. The highest BCUT2D eigenvalue weighted by atomic mass is 19.1. The van der Waals surface area contributed by atoms with Crippen LogP contribution in [0.3, 0.4) is 0 Å². The van der Waals surface area contributed by atoms with Crippen LogP contribution in [-0.2, 0) is 6.61 Å². The Labute approximate surface area is 161 Å². The minimum Gasteiger partial charge on any atom is -0.507 e. The molecule has 0 bridgehead atoms. The topological polar surface area (TPSA) is 71.9 Å². The van der Waals surface area contributed by atoms with Crippen LogP contribution in [0.15, 0.2) is 67.0 Å². The summed E-state index contributed by atoms with van der Waals surface area (Å²) in [5, 5.41) is 12.2. The van der Waals surface area contributed by atoms with Crippen molar-refractivity contribution in [2.75, 3.05) is 0 Å². The predicted octanol–water partition coefficient (Wildman–Crippen LogP) is 3.89. The summed E-state index contributed by atoms with van der Waals surface area (Å²) < 4.78 is 20.1. The monoisotopic (exact) mass is 376 g/mol. The molecular weight excluding hydrogens is 357 g/mol. The first kappa shape index (κ1) is 17.9. The molecule has 0 radical (unpaired) electrons. The Balaban J connectivity index is 1.60. The predicted molar refractivity (Wildman–Crippen MR) is 104 cm³/mol. The lowest BCUT2D eigenvalue weighted by Gasteiger charge is -2.09. The molecule has 3 aromatic carbocycles. The molecule has 0 saturated carbocycles. The summed E-state index contributed by atoms with van der Waals surface area (Å²) in [4.78, 5) is 8.56. The van der Waals surface area contributed by atoms with E-state index in [0.717, 1.165) is 10.9 Å². The van der Waals surface area contributed by atoms with Crippen LogP contribution >= 0.6 is 0 Å². The summed E-state index contributed by atoms with van der Waals surface area (Å²) in [6, 6.07) is 18.1. The number of hydrogen-bond acceptors (Lipinski definition) is 4. The number of ether oxygens (including phenoxy) is 1. The summed E-state index contributed by atoms with van der Waals surface area (Å²) in [6.45, 7) is 2.11. The number of phenols is 1. The third-order valence-corrected chi connectivity index (χ3v) is 4.49. The molecule has 4 rings (SSSR count). The molecule has 0 unspecified atom stereocenters. The molecule has 0 aliphatic rings. The molecule has 0 fully saturated rings. The van der Waals surface area contributed by atoms with Crippen LogP contribution in [0.1, 0.15) is 11.1 Å². The highest BCUT2D eigenvalue weighted by molar-refractivity contribution is 5.86. The number of benzene rings is 3. The van der Waals surface area contributed by atoms with Gasteiger partial charge in [-0.2, -0.15) is 4.98 Å². The van der Waals surface area contributed by atoms with Crippen molar-refractivity contribution in [3.63, 3.8) is 0 Å². The summed E-state index contributed by atoms with van der Waals surface area (Å²) in [6.07, 6.45) is 1.43. The third-order valence-electron chi connectivity index (χ3n) is 4.49. The number of aromatic hydroxyl groups is 1. The Kier molecular flexibility index (Phi) is 4.87. The van der Waals surface area contributed by atoms with Gasteiger partial charge in [-0.15, -0.1) is 0 Å². The molecule has 0 aliphatic heterocycles. The number of halogens is 1. The van der Waals surface area contributed by atoms with Gasteiger partial charge in [0, 0.05) is 12.1 Å². The molecular formula is C22H19FN3O2+. The van der Waals surface area contributed by atoms with E-state index >= 15 is 0 Å². The van der Waals surface area contributed by atoms with Crippen LogP contribution in [0, 0.1) is 12.7 Å². The zero-order valence-electron chi connectivity index (χ0n) is 15.3. The van der Waals surface area contributed by atoms with E-state index in [4.69, 9.17) is 4.74 Å². The van der Waals surface area contributed by atoms with E-state index in [0.29, 0.717) is 29.3 Å². The van der Waals surface area contributed by atoms with E-state index in [1.165, 1.54) is 18.5 Å². The summed E-state index contributed by atoms with van der Waals surface area (Å²) in [5.74, 6) is 0.898. The van der Waals surface area contributed by atoms with Crippen LogP contribution in [0.2, 0.25) is 0 Å². The SMILES string of the molecule is Cc1cc(F)c([NH2+]c2ncnc3cc(OCc4ccccc4)ccc23)cc1O. The first-order valence-electron chi connectivity index (χ1n) is 8.85. The van der Waals surface area contributed by atoms with Gasteiger partial charge >= 0.3 is 0 Å². The van der Waals surface area contributed by atoms with Crippen molar-refractivity contribution in [3.8, 4) is 11.5 Å². The number of quaternary nitrogens is 1. The Morgan fingerprint density at radius 2 is 1.86 bits per heavy atom. The Bertz CT molecular complexity index is 1130. The van der Waals surface area contributed by atoms with Crippen molar-refractivity contribution in [2.45, 2.75) is 13.5 Å². The van der Waals surface area contributed by atoms with E-state index in [1.54, 1.807) is 12.2 Å². The lowest BCUT2D eigenvalue weighted by atomic mass is 10.2. The van der Waals surface area contributed by atoms with Crippen LogP contribution in [-0.4, -0.2) is 15.1 Å². The lowest BCUT2D eigenvalue weighted by Crippen LogP contribution is -2.72. The van der Waals surface area contributed by atoms with Gasteiger partial charge in [-0.25, -0.2) is 9.37 Å². The quantitative estimate of drug-likeness (QED) is 0.519. The second-order valence-corrected chi connectivity index (χ2v) is 6.52. The Morgan fingerprint density at radius 3 is 2.68 bits per heavy atom. The van der Waals surface area contributed by atoms with Gasteiger partial charge < -0.3 is 9.84 Å². The summed E-state index contributed by atoms with van der Waals surface area (Å²) in [7, 11) is 0. The average molecular weight is 376 g/mol. The van der Waals surface area contributed by atoms with Gasteiger partial charge in [-0.05, 0) is 36.2 Å². The fourth-order valence-corrected chi connectivity index (χ4v) is 2.94. The number of nitrogens with zero attached hydrogens (tertiary/aromatic N) is 2. The smallest absolute Gasteiger partial charge is 0.240 e. The number of hydrogen-bond donors (Lipinski definition) is 2. The van der Waals surface area contributed by atoms with Gasteiger partial charge in [0.15, 0.2) is 11.5 Å². The summed E-state index contributed by atoms with van der Waals surface area (Å²) in [5.41, 5.74) is 2.53. The summed E-state index contributed by atoms with van der Waals surface area (Å²) >= 11 is 0. The Morgan fingerprint density at radius 1 is 1.04 bits per heavy atom. The van der Waals surface area contributed by atoms with Crippen LogP contribution in [0.5, 0.6) is 11.5 Å². The maximum Gasteiger partial charge on any atom is 0.240 e. The molecule has 28 heavy (non-hydrogen) atoms. The largest absolute Gasteiger partial charge is 0.507 e. The molecule has 3 N–H and O–H groups in total. The average Bonchev–Trinajstić information content (AvgIpc) is 2.71. The standard InChI is InChI=1S/C22H18FN3O2/c1-14-9-18(23)20(11-21(14)27)26-22-17-8-7-16(10-19(17)24-13-25-22)28-12-15-5-3-2-4-6-15/h2-11,13,27H,12H2,1H3,(H,24,25,26)/p+1. The molecule has 4 aromatic rings. The van der Waals surface area contributed by atoms with Crippen molar-refractivity contribution in [2.24, 2.45) is 0 Å². The molecule has 0 spiro atoms. The first-order valence-corrected chi connectivity index (χ1v) is 8.85. The molecule has 140 valence electrons. The van der Waals surface area contributed by atoms with E-state index in [9.17, 15) is 9.50 Å². The number of fused-ring (bicyclic) bond motifs is 1. The fourth-order valence-electron chi connectivity index (χ4n) is 2.94. The Hall–Kier alpha value is -3.51. The molecule has 1 heterocycles. The normalized spacial score (nSPS) is 10.9. The molecule has 0 amide bonds. The minimum atomic E-state index is -0.412. The number of aromatic nitrogens is 2. The van der Waals surface area contributed by atoms with Crippen LogP contribution in [0.4, 0.5) is 15.9 Å². The fraction of sp³-hybridized carbons (Fsp3) is 0.0909. The van der Waals surface area contributed by atoms with Gasteiger partial charge in [-0.3, -0.25) is 5.32 Å². The highest BCUT2D eigenvalue weighted by Crippen LogP contribution is 2.25. The van der Waals surface area contributed by atoms with Gasteiger partial charge in [0.1, 0.15) is 24.4 Å². The number of rotatable bonds is 5. The molecule has 5 nitrogen and oxygen atoms in total. The van der Waals surface area contributed by atoms with Gasteiger partial charge in [0.25, 0.3) is 0 Å². The molecule has 6 heteroatoms. The second kappa shape index (κ2) is 7.62. The number of aryl methyl sites for hydroxylation is 1. The maximum atomic E-state index is 14.2. The van der Waals surface area contributed by atoms with Gasteiger partial charge in [0.2, 0.25) is 5.82 Å². The zero-order chi connectivity index (χ0) is 19.5. The molecule has 1 aromatic heterocycles. The first-order chi connectivity index (χ1) is 13.6. The molecule has 0 saturated heterocycles. The van der Waals surface area contributed by atoms with Crippen molar-refractivity contribution in [1.29, 1.82) is 0 Å². The lowest BCUT2D eigenvalue weighted by molar-refractivity contribution is -0.483. The van der Waals surface area contributed by atoms with E-state index < -0.39 is 5.82 Å². The molecule has 0 aliphatic carbocycles. The number of nitrogens with two attached hydrogens (primary N) is 1. The van der Waals surface area contributed by atoms with Gasteiger partial charge in [-0.1, -0.05) is 30.3 Å². The van der Waals surface area contributed by atoms with Crippen molar-refractivity contribution in [3.05, 3.63) is 83.9 Å². The van der Waals surface area contributed by atoms with Crippen molar-refractivity contribution in [1.82, 2.24) is 9.97 Å². The molecule has 0 atom stereocenters. The zero-order valence-corrected chi connectivity index (χ0v) is 15.3. The van der Waals surface area contributed by atoms with E-state index in [-0.39, 0.29) is 11.4 Å². The van der Waals surface area contributed by atoms with E-state index in [2.05, 4.69) is 9.97 Å². The van der Waals surface area contributed by atoms with Crippen LogP contribution < -0.4 is 10.1 Å². The van der Waals surface area contributed by atoms with Crippen LogP contribution in [0.25, 0.3) is 10.9 Å². The maximum absolute atomic E-state index is 14.2. The highest BCUT2D eigenvalue weighted by Gasteiger charge is 2.15. The number of phenolic OH excluding ortho intramolecular Hbond substituents is 1.